The van der Waals surface area contributed by atoms with Gasteiger partial charge in [0.25, 0.3) is 0 Å². The van der Waals surface area contributed by atoms with E-state index in [-0.39, 0.29) is 11.9 Å². The first-order valence-electron chi connectivity index (χ1n) is 7.83. The van der Waals surface area contributed by atoms with Gasteiger partial charge >= 0.3 is 0 Å². The minimum absolute atomic E-state index is 0.125. The van der Waals surface area contributed by atoms with Gasteiger partial charge in [-0.15, -0.1) is 0 Å². The fraction of sp³-hybridized carbons (Fsp3) is 0.588. The molecule has 0 spiro atoms. The van der Waals surface area contributed by atoms with E-state index in [9.17, 15) is 4.79 Å². The minimum Gasteiger partial charge on any atom is -0.352 e. The van der Waals surface area contributed by atoms with Gasteiger partial charge in [-0.25, -0.2) is 0 Å². The molecule has 1 aliphatic carbocycles. The van der Waals surface area contributed by atoms with Crippen LogP contribution in [0.25, 0.3) is 0 Å². The highest BCUT2D eigenvalue weighted by atomic mass is 16.1. The van der Waals surface area contributed by atoms with Gasteiger partial charge in [-0.2, -0.15) is 0 Å². The van der Waals surface area contributed by atoms with Crippen molar-refractivity contribution in [3.05, 3.63) is 35.9 Å². The summed E-state index contributed by atoms with van der Waals surface area (Å²) in [5.41, 5.74) is 1.22. The lowest BCUT2D eigenvalue weighted by Gasteiger charge is -2.18. The first kappa shape index (κ1) is 15.0. The Bertz CT molecular complexity index is 397. The third kappa shape index (κ3) is 4.97. The van der Waals surface area contributed by atoms with Crippen molar-refractivity contribution in [2.45, 2.75) is 57.5 Å². The van der Waals surface area contributed by atoms with E-state index < -0.39 is 0 Å². The molecule has 1 fully saturated rings. The van der Waals surface area contributed by atoms with Crippen molar-refractivity contribution >= 4 is 5.91 Å². The first-order chi connectivity index (χ1) is 9.75. The SMILES string of the molecule is C[C@@H](NCC(=O)NC1CCCCCC1)c1ccccc1. The molecule has 2 rings (SSSR count). The van der Waals surface area contributed by atoms with E-state index in [1.807, 2.05) is 18.2 Å². The molecule has 1 aliphatic rings. The largest absolute Gasteiger partial charge is 0.352 e. The molecule has 1 aromatic carbocycles. The summed E-state index contributed by atoms with van der Waals surface area (Å²) >= 11 is 0. The monoisotopic (exact) mass is 274 g/mol. The standard InChI is InChI=1S/C17H26N2O/c1-14(15-9-5-4-6-10-15)18-13-17(20)19-16-11-7-2-3-8-12-16/h4-6,9-10,14,16,18H,2-3,7-8,11-13H2,1H3,(H,19,20)/t14-/m1/s1. The molecule has 0 heterocycles. The molecular formula is C17H26N2O. The normalized spacial score (nSPS) is 18.2. The Morgan fingerprint density at radius 3 is 2.45 bits per heavy atom. The van der Waals surface area contributed by atoms with E-state index in [1.165, 1.54) is 31.2 Å². The summed E-state index contributed by atoms with van der Waals surface area (Å²) in [5.74, 6) is 0.125. The molecule has 2 N–H and O–H groups in total. The Morgan fingerprint density at radius 2 is 1.80 bits per heavy atom. The molecule has 110 valence electrons. The number of nitrogens with one attached hydrogen (secondary N) is 2. The molecule has 1 amide bonds. The van der Waals surface area contributed by atoms with E-state index in [0.29, 0.717) is 12.6 Å². The van der Waals surface area contributed by atoms with E-state index in [0.717, 1.165) is 12.8 Å². The number of rotatable bonds is 5. The number of amides is 1. The zero-order chi connectivity index (χ0) is 14.2. The fourth-order valence-electron chi connectivity index (χ4n) is 2.81. The van der Waals surface area contributed by atoms with Crippen LogP contribution in [0, 0.1) is 0 Å². The van der Waals surface area contributed by atoms with Crippen LogP contribution in [-0.2, 0) is 4.79 Å². The number of carbonyl (C=O) groups is 1. The van der Waals surface area contributed by atoms with Crippen molar-refractivity contribution in [3.8, 4) is 0 Å². The number of hydrogen-bond acceptors (Lipinski definition) is 2. The summed E-state index contributed by atoms with van der Waals surface area (Å²) in [5, 5.41) is 6.46. The number of carbonyl (C=O) groups excluding carboxylic acids is 1. The molecule has 1 aromatic rings. The molecule has 0 unspecified atom stereocenters. The topological polar surface area (TPSA) is 41.1 Å². The van der Waals surface area contributed by atoms with Gasteiger partial charge in [0.15, 0.2) is 0 Å². The Balaban J connectivity index is 1.71. The van der Waals surface area contributed by atoms with Gasteiger partial charge < -0.3 is 10.6 Å². The van der Waals surface area contributed by atoms with Gasteiger partial charge in [-0.3, -0.25) is 4.79 Å². The van der Waals surface area contributed by atoms with Crippen LogP contribution in [0.2, 0.25) is 0 Å². The van der Waals surface area contributed by atoms with E-state index >= 15 is 0 Å². The molecule has 0 radical (unpaired) electrons. The zero-order valence-corrected chi connectivity index (χ0v) is 12.4. The zero-order valence-electron chi connectivity index (χ0n) is 12.4. The summed E-state index contributed by atoms with van der Waals surface area (Å²) in [7, 11) is 0. The van der Waals surface area contributed by atoms with Gasteiger partial charge in [0.2, 0.25) is 5.91 Å². The van der Waals surface area contributed by atoms with E-state index in [1.54, 1.807) is 0 Å². The third-order valence-electron chi connectivity index (χ3n) is 4.09. The van der Waals surface area contributed by atoms with Crippen LogP contribution < -0.4 is 10.6 Å². The predicted molar refractivity (Wildman–Crippen MR) is 82.5 cm³/mol. The van der Waals surface area contributed by atoms with Crippen LogP contribution in [0.1, 0.15) is 57.1 Å². The maximum atomic E-state index is 12.0. The second kappa shape index (κ2) is 8.05. The predicted octanol–water partition coefficient (Wildman–Crippen LogP) is 3.18. The summed E-state index contributed by atoms with van der Waals surface area (Å²) in [4.78, 5) is 12.0. The van der Waals surface area contributed by atoms with Crippen molar-refractivity contribution in [3.63, 3.8) is 0 Å². The average Bonchev–Trinajstić information content (AvgIpc) is 2.74. The van der Waals surface area contributed by atoms with Gasteiger partial charge in [-0.05, 0) is 25.3 Å². The third-order valence-corrected chi connectivity index (χ3v) is 4.09. The summed E-state index contributed by atoms with van der Waals surface area (Å²) in [6.07, 6.45) is 7.41. The summed E-state index contributed by atoms with van der Waals surface area (Å²) < 4.78 is 0. The fourth-order valence-corrected chi connectivity index (χ4v) is 2.81. The second-order valence-corrected chi connectivity index (χ2v) is 5.77. The Hall–Kier alpha value is -1.35. The lowest BCUT2D eigenvalue weighted by atomic mass is 10.1. The van der Waals surface area contributed by atoms with Crippen molar-refractivity contribution < 1.29 is 4.79 Å². The van der Waals surface area contributed by atoms with Crippen molar-refractivity contribution in [1.29, 1.82) is 0 Å². The minimum atomic E-state index is 0.125. The van der Waals surface area contributed by atoms with E-state index in [2.05, 4.69) is 29.7 Å². The van der Waals surface area contributed by atoms with Crippen LogP contribution in [0.4, 0.5) is 0 Å². The Morgan fingerprint density at radius 1 is 1.15 bits per heavy atom. The highest BCUT2D eigenvalue weighted by Gasteiger charge is 2.15. The molecule has 20 heavy (non-hydrogen) atoms. The lowest BCUT2D eigenvalue weighted by Crippen LogP contribution is -2.40. The molecule has 0 aliphatic heterocycles. The summed E-state index contributed by atoms with van der Waals surface area (Å²) in [6, 6.07) is 10.8. The highest BCUT2D eigenvalue weighted by Crippen LogP contribution is 2.17. The molecule has 0 bridgehead atoms. The van der Waals surface area contributed by atoms with Gasteiger partial charge in [0.1, 0.15) is 0 Å². The molecule has 0 aromatic heterocycles. The molecule has 3 nitrogen and oxygen atoms in total. The van der Waals surface area contributed by atoms with Crippen molar-refractivity contribution in [2.75, 3.05) is 6.54 Å². The quantitative estimate of drug-likeness (QED) is 0.810. The maximum Gasteiger partial charge on any atom is 0.234 e. The van der Waals surface area contributed by atoms with Crippen LogP contribution >= 0.6 is 0 Å². The van der Waals surface area contributed by atoms with Gasteiger partial charge in [-0.1, -0.05) is 56.0 Å². The average molecular weight is 274 g/mol. The lowest BCUT2D eigenvalue weighted by molar-refractivity contribution is -0.121. The first-order valence-corrected chi connectivity index (χ1v) is 7.83. The highest BCUT2D eigenvalue weighted by molar-refractivity contribution is 5.78. The van der Waals surface area contributed by atoms with Gasteiger partial charge in [0.05, 0.1) is 6.54 Å². The van der Waals surface area contributed by atoms with E-state index in [4.69, 9.17) is 0 Å². The van der Waals surface area contributed by atoms with Crippen molar-refractivity contribution in [2.24, 2.45) is 0 Å². The second-order valence-electron chi connectivity index (χ2n) is 5.77. The molecular weight excluding hydrogens is 248 g/mol. The van der Waals surface area contributed by atoms with Crippen molar-refractivity contribution in [1.82, 2.24) is 10.6 Å². The Kier molecular flexibility index (Phi) is 6.06. The molecule has 1 saturated carbocycles. The molecule has 1 atom stereocenters. The van der Waals surface area contributed by atoms with Crippen LogP contribution in [0.15, 0.2) is 30.3 Å². The number of benzene rings is 1. The van der Waals surface area contributed by atoms with Crippen LogP contribution in [0.3, 0.4) is 0 Å². The summed E-state index contributed by atoms with van der Waals surface area (Å²) in [6.45, 7) is 2.49. The smallest absolute Gasteiger partial charge is 0.234 e. The maximum absolute atomic E-state index is 12.0. The van der Waals surface area contributed by atoms with Crippen LogP contribution in [-0.4, -0.2) is 18.5 Å². The van der Waals surface area contributed by atoms with Crippen LogP contribution in [0.5, 0.6) is 0 Å². The molecule has 3 heteroatoms. The Labute approximate surface area is 122 Å². The number of hydrogen-bond donors (Lipinski definition) is 2. The molecule has 0 saturated heterocycles. The van der Waals surface area contributed by atoms with Gasteiger partial charge in [0, 0.05) is 12.1 Å².